The number of hydrogen-bond acceptors (Lipinski definition) is 16. The molecule has 1 saturated heterocycles. The van der Waals surface area contributed by atoms with Crippen molar-refractivity contribution in [2.75, 3.05) is 85.1 Å². The topological polar surface area (TPSA) is 409 Å². The van der Waals surface area contributed by atoms with Crippen molar-refractivity contribution in [2.24, 2.45) is 0 Å². The van der Waals surface area contributed by atoms with Crippen LogP contribution in [-0.4, -0.2) is 234 Å². The molecule has 2 heterocycles. The van der Waals surface area contributed by atoms with E-state index in [2.05, 4.69) is 26.3 Å². The van der Waals surface area contributed by atoms with Gasteiger partial charge in [0.15, 0.2) is 0 Å². The molecule has 1 aliphatic heterocycles. The number of benzene rings is 2. The summed E-state index contributed by atoms with van der Waals surface area (Å²) in [4.78, 5) is 147. The van der Waals surface area contributed by atoms with Crippen LogP contribution in [0.25, 0.3) is 10.8 Å². The van der Waals surface area contributed by atoms with Crippen LogP contribution in [0.5, 0.6) is 0 Å². The zero-order chi connectivity index (χ0) is 60.1. The Kier molecular flexibility index (Phi) is 28.0. The lowest BCUT2D eigenvalue weighted by atomic mass is 10.1. The number of aromatic nitrogens is 1. The molecule has 0 bridgehead atoms. The number of pyridine rings is 1. The van der Waals surface area contributed by atoms with Crippen molar-refractivity contribution >= 4 is 76.3 Å². The van der Waals surface area contributed by atoms with Gasteiger partial charge in [0, 0.05) is 107 Å². The molecule has 2 aromatic carbocycles. The molecule has 82 heavy (non-hydrogen) atoms. The molecule has 0 saturated carbocycles. The maximum atomic E-state index is 14.1. The van der Waals surface area contributed by atoms with Gasteiger partial charge in [0.1, 0.15) is 24.5 Å². The summed E-state index contributed by atoms with van der Waals surface area (Å²) in [6.07, 6.45) is 2.01. The molecule has 1 unspecified atom stereocenters. The minimum Gasteiger partial charge on any atom is -0.565 e. The highest BCUT2D eigenvalue weighted by Gasteiger charge is 2.30. The fraction of sp³-hybridized carbons (Fsp3) is 0.519. The summed E-state index contributed by atoms with van der Waals surface area (Å²) in [5.41, 5.74) is 1.65. The third-order valence-electron chi connectivity index (χ3n) is 13.6. The first-order chi connectivity index (χ1) is 39.1. The molecule has 1 aromatic heterocycles. The summed E-state index contributed by atoms with van der Waals surface area (Å²) in [6.45, 7) is 0.545. The minimum absolute atomic E-state index is 0.0711. The van der Waals surface area contributed by atoms with Crippen LogP contribution in [0.3, 0.4) is 0 Å². The maximum Gasteiger partial charge on any atom is 0.516 e. The molecular weight excluding hydrogens is 1080 g/mol. The molecule has 5 amide bonds. The van der Waals surface area contributed by atoms with Crippen molar-refractivity contribution in [2.45, 2.75) is 95.4 Å². The lowest BCUT2D eigenvalue weighted by Gasteiger charge is -2.35. The zero-order valence-electron chi connectivity index (χ0n) is 45.5. The number of aliphatic carboxylic acids is 6. The highest BCUT2D eigenvalue weighted by molar-refractivity contribution is 5.95. The zero-order valence-corrected chi connectivity index (χ0v) is 45.5. The van der Waals surface area contributed by atoms with Crippen molar-refractivity contribution in [3.8, 4) is 0 Å². The third kappa shape index (κ3) is 24.6. The van der Waals surface area contributed by atoms with Crippen molar-refractivity contribution in [3.63, 3.8) is 0 Å². The van der Waals surface area contributed by atoms with E-state index >= 15 is 0 Å². The smallest absolute Gasteiger partial charge is 0.516 e. The normalized spacial score (nSPS) is 15.1. The van der Waals surface area contributed by atoms with Gasteiger partial charge in [0.2, 0.25) is 11.8 Å². The van der Waals surface area contributed by atoms with Gasteiger partial charge >= 0.3 is 47.8 Å². The number of amides is 5. The Bertz CT molecular complexity index is 2640. The van der Waals surface area contributed by atoms with Gasteiger partial charge in [-0.15, -0.1) is 0 Å². The van der Waals surface area contributed by atoms with Gasteiger partial charge in [-0.2, -0.15) is 0 Å². The molecule has 3 atom stereocenters. The molecule has 1 aliphatic rings. The first-order valence-corrected chi connectivity index (χ1v) is 26.9. The minimum atomic E-state index is -1.52. The second kappa shape index (κ2) is 34.7. The number of carbonyl (C=O) groups excluding carboxylic acids is 5. The van der Waals surface area contributed by atoms with Gasteiger partial charge in [-0.25, -0.2) is 14.4 Å². The average Bonchev–Trinajstić information content (AvgIpc) is 3.60. The van der Waals surface area contributed by atoms with E-state index in [9.17, 15) is 83.4 Å². The molecule has 448 valence electrons. The van der Waals surface area contributed by atoms with Crippen LogP contribution in [0.15, 0.2) is 60.8 Å². The number of carboxylic acids is 6. The summed E-state index contributed by atoms with van der Waals surface area (Å²) in [5, 5.41) is 76.7. The molecule has 0 radical (unpaired) electrons. The molecular formula is C54H75N10O18+. The predicted molar refractivity (Wildman–Crippen MR) is 292 cm³/mol. The van der Waals surface area contributed by atoms with Crippen LogP contribution in [0, 0.1) is 0 Å². The molecule has 28 heteroatoms. The number of fused-ring (bicyclic) bond motifs is 1. The van der Waals surface area contributed by atoms with E-state index in [1.165, 1.54) is 0 Å². The summed E-state index contributed by atoms with van der Waals surface area (Å²) < 4.78 is 0. The van der Waals surface area contributed by atoms with Crippen LogP contribution >= 0.6 is 0 Å². The van der Waals surface area contributed by atoms with Crippen LogP contribution in [0.2, 0.25) is 0 Å². The summed E-state index contributed by atoms with van der Waals surface area (Å²) in [6, 6.07) is 10.8. The number of rotatable bonds is 33. The summed E-state index contributed by atoms with van der Waals surface area (Å²) in [5.74, 6) is -9.46. The monoisotopic (exact) mass is 1150 g/mol. The maximum absolute atomic E-state index is 14.1. The Morgan fingerprint density at radius 2 is 1.12 bits per heavy atom. The Balaban J connectivity index is 1.27. The van der Waals surface area contributed by atoms with E-state index in [1.807, 2.05) is 30.3 Å². The van der Waals surface area contributed by atoms with Crippen LogP contribution in [-0.2, 0) is 56.2 Å². The van der Waals surface area contributed by atoms with Gasteiger partial charge in [-0.1, -0.05) is 36.4 Å². The summed E-state index contributed by atoms with van der Waals surface area (Å²) in [7, 11) is 0. The Labute approximate surface area is 472 Å². The van der Waals surface area contributed by atoms with Gasteiger partial charge in [-0.3, -0.25) is 58.1 Å². The molecule has 1 fully saturated rings. The number of urea groups is 1. The molecule has 12 N–H and O–H groups in total. The van der Waals surface area contributed by atoms with E-state index in [-0.39, 0.29) is 149 Å². The molecule has 0 aliphatic carbocycles. The van der Waals surface area contributed by atoms with E-state index in [4.69, 9.17) is 5.11 Å². The molecule has 3 aromatic rings. The van der Waals surface area contributed by atoms with Gasteiger partial charge in [0.05, 0.1) is 31.9 Å². The highest BCUT2D eigenvalue weighted by atomic mass is 16.4. The second-order valence-corrected chi connectivity index (χ2v) is 19.8. The Morgan fingerprint density at radius 3 is 1.67 bits per heavy atom. The van der Waals surface area contributed by atoms with E-state index in [1.54, 1.807) is 55.0 Å². The summed E-state index contributed by atoms with van der Waals surface area (Å²) >= 11 is 0. The van der Waals surface area contributed by atoms with Gasteiger partial charge in [0.25, 0.3) is 5.91 Å². The van der Waals surface area contributed by atoms with Crippen LogP contribution in [0.4, 0.5) is 4.79 Å². The lowest BCUT2D eigenvalue weighted by Crippen LogP contribution is -2.52. The Hall–Kier alpha value is -8.34. The predicted octanol–water partition coefficient (Wildman–Crippen LogP) is -0.104. The number of nitrogens with one attached hydrogen (secondary N) is 4. The van der Waals surface area contributed by atoms with Crippen molar-refractivity contribution < 1.29 is 88.5 Å². The quantitative estimate of drug-likeness (QED) is 0.0281. The lowest BCUT2D eigenvalue weighted by molar-refractivity contribution is -0.145. The van der Waals surface area contributed by atoms with Gasteiger partial charge < -0.3 is 61.9 Å². The van der Waals surface area contributed by atoms with Crippen molar-refractivity contribution in [1.82, 2.24) is 50.8 Å². The van der Waals surface area contributed by atoms with Crippen LogP contribution in [0.1, 0.15) is 85.8 Å². The SMILES string of the molecule is O=C(O)CN1CCN(CC(=O)O)CCN(C(CCC(=O)NCCCCC(=O)NCc2ccc(C(=O)N(CCCC[C@@H](NC(=O)N[C@H](CCC(=O)[OH2+])C(=O)O)C(=O)O)Cc3nccc4ccccc34)cc2)C(=O)O)CCN(CC(=O)O)CC1. The highest BCUT2D eigenvalue weighted by Crippen LogP contribution is 2.20. The molecule has 0 spiro atoms. The van der Waals surface area contributed by atoms with E-state index < -0.39 is 78.3 Å². The molecule has 4 rings (SSSR count). The van der Waals surface area contributed by atoms with E-state index in [0.29, 0.717) is 36.1 Å². The van der Waals surface area contributed by atoms with Crippen molar-refractivity contribution in [3.05, 3.63) is 77.6 Å². The fourth-order valence-electron chi connectivity index (χ4n) is 9.15. The van der Waals surface area contributed by atoms with Crippen molar-refractivity contribution in [1.29, 1.82) is 0 Å². The number of unbranched alkanes of at least 4 members (excludes halogenated alkanes) is 2. The molecule has 28 nitrogen and oxygen atoms in total. The fourth-order valence-corrected chi connectivity index (χ4v) is 9.15. The number of hydrogen-bond donors (Lipinski definition) is 10. The van der Waals surface area contributed by atoms with Crippen LogP contribution < -0.4 is 21.3 Å². The largest absolute Gasteiger partial charge is 0.565 e. The standard InChI is InChI=1S/C54H74N10O18/c65-44(10-3-5-20-56-45(66)17-16-43(53(80)81)63-29-27-61(34-48(71)72)25-23-60(33-47(69)70)24-26-62(28-30-63)35-49(73)74)57-31-36-11-13-38(14-12-36)50(75)64(32-42-39-8-2-1-7-37(39)19-21-55-42)22-6-4-9-40(51(76)77)58-54(82)59-41(52(78)79)15-18-46(67)68/h1-2,7-8,11-14,19,21,40-41,43H,3-6,9-10,15-18,20,22-35H2,(H,56,66)(H,57,65)(H,67,68)(H,69,70)(H,71,72)(H,73,74)(H,76,77)(H,78,79)(H,80,81)(H2,58,59,82)/p+1/t40-,41-,43?/m1/s1. The number of carbonyl (C=O) groups is 11. The van der Waals surface area contributed by atoms with E-state index in [0.717, 1.165) is 10.8 Å². The Morgan fingerprint density at radius 1 is 0.573 bits per heavy atom. The number of carboxylic acid groups (broad SMARTS) is 6. The average molecular weight is 1150 g/mol. The first kappa shape index (κ1) is 66.2. The second-order valence-electron chi connectivity index (χ2n) is 19.8. The third-order valence-corrected chi connectivity index (χ3v) is 13.6. The first-order valence-electron chi connectivity index (χ1n) is 26.9. The van der Waals surface area contributed by atoms with Gasteiger partial charge in [-0.05, 0) is 74.1 Å². The number of nitrogens with zero attached hydrogens (tertiary/aromatic N) is 6.